The minimum Gasteiger partial charge on any atom is -0.486 e. The number of ether oxygens (including phenoxy) is 3. The Morgan fingerprint density at radius 2 is 1.73 bits per heavy atom. The molecule has 10 heteroatoms. The lowest BCUT2D eigenvalue weighted by atomic mass is 10.1. The number of nitrogens with one attached hydrogen (secondary N) is 1. The van der Waals surface area contributed by atoms with Crippen LogP contribution >= 0.6 is 0 Å². The predicted octanol–water partition coefficient (Wildman–Crippen LogP) is 2.92. The number of fused-ring (bicyclic) bond motifs is 1. The van der Waals surface area contributed by atoms with Gasteiger partial charge in [-0.05, 0) is 48.7 Å². The fourth-order valence-electron chi connectivity index (χ4n) is 3.19. The molecule has 0 radical (unpaired) electrons. The molecule has 0 atom stereocenters. The highest BCUT2D eigenvalue weighted by atomic mass is 32.2. The van der Waals surface area contributed by atoms with Crippen LogP contribution in [-0.2, 0) is 19.6 Å². The third-order valence-electron chi connectivity index (χ3n) is 5.02. The summed E-state index contributed by atoms with van der Waals surface area (Å²) in [4.78, 5) is 24.3. The van der Waals surface area contributed by atoms with E-state index in [0.717, 1.165) is 4.31 Å². The molecule has 0 saturated heterocycles. The molecule has 1 heterocycles. The summed E-state index contributed by atoms with van der Waals surface area (Å²) in [7, 11) is -2.68. The molecule has 1 amide bonds. The predicted molar refractivity (Wildman–Crippen MR) is 122 cm³/mol. The summed E-state index contributed by atoms with van der Waals surface area (Å²) in [5.41, 5.74) is 0.781. The minimum absolute atomic E-state index is 0.0331. The second kappa shape index (κ2) is 10.7. The van der Waals surface area contributed by atoms with Crippen LogP contribution in [0.15, 0.2) is 47.4 Å². The van der Waals surface area contributed by atoms with Gasteiger partial charge in [0.25, 0.3) is 0 Å². The molecule has 0 aliphatic carbocycles. The Labute approximate surface area is 193 Å². The molecule has 0 saturated carbocycles. The molecule has 178 valence electrons. The molecular weight excluding hydrogens is 448 g/mol. The van der Waals surface area contributed by atoms with Crippen molar-refractivity contribution in [1.29, 1.82) is 0 Å². The molecule has 2 aromatic rings. The average Bonchev–Trinajstić information content (AvgIpc) is 2.81. The van der Waals surface area contributed by atoms with Gasteiger partial charge in [-0.25, -0.2) is 13.2 Å². The summed E-state index contributed by atoms with van der Waals surface area (Å²) in [6, 6.07) is 10.6. The third kappa shape index (κ3) is 6.23. The first-order chi connectivity index (χ1) is 15.7. The Bertz CT molecular complexity index is 1100. The van der Waals surface area contributed by atoms with Gasteiger partial charge < -0.3 is 19.5 Å². The van der Waals surface area contributed by atoms with Crippen molar-refractivity contribution >= 4 is 27.6 Å². The van der Waals surface area contributed by atoms with E-state index in [-0.39, 0.29) is 23.9 Å². The zero-order chi connectivity index (χ0) is 24.0. The number of anilines is 1. The van der Waals surface area contributed by atoms with Crippen molar-refractivity contribution in [3.63, 3.8) is 0 Å². The lowest BCUT2D eigenvalue weighted by Gasteiger charge is -2.24. The second-order valence-corrected chi connectivity index (χ2v) is 9.88. The van der Waals surface area contributed by atoms with Gasteiger partial charge in [0.2, 0.25) is 15.9 Å². The van der Waals surface area contributed by atoms with E-state index < -0.39 is 21.9 Å². The van der Waals surface area contributed by atoms with Crippen molar-refractivity contribution in [3.05, 3.63) is 48.0 Å². The van der Waals surface area contributed by atoms with E-state index in [1.54, 1.807) is 18.2 Å². The number of sulfonamides is 1. The number of rotatable bonds is 9. The Balaban J connectivity index is 1.77. The van der Waals surface area contributed by atoms with Crippen molar-refractivity contribution < 1.29 is 32.2 Å². The highest BCUT2D eigenvalue weighted by Crippen LogP contribution is 2.33. The maximum absolute atomic E-state index is 13.4. The van der Waals surface area contributed by atoms with Crippen LogP contribution in [0.5, 0.6) is 11.5 Å². The van der Waals surface area contributed by atoms with Gasteiger partial charge in [0, 0.05) is 18.3 Å². The summed E-state index contributed by atoms with van der Waals surface area (Å²) in [5.74, 6) is 0.115. The van der Waals surface area contributed by atoms with E-state index in [1.165, 1.54) is 31.4 Å². The van der Waals surface area contributed by atoms with Gasteiger partial charge in [0.15, 0.2) is 11.5 Å². The van der Waals surface area contributed by atoms with Crippen LogP contribution in [-0.4, -0.2) is 58.0 Å². The Hall–Kier alpha value is -3.11. The fraction of sp³-hybridized carbons (Fsp3) is 0.391. The fourth-order valence-corrected chi connectivity index (χ4v) is 4.61. The molecule has 1 N–H and O–H groups in total. The molecule has 1 aliphatic rings. The normalized spacial score (nSPS) is 13.1. The summed E-state index contributed by atoms with van der Waals surface area (Å²) in [5, 5.41) is 2.68. The van der Waals surface area contributed by atoms with Gasteiger partial charge in [-0.3, -0.25) is 4.79 Å². The molecule has 33 heavy (non-hydrogen) atoms. The van der Waals surface area contributed by atoms with Crippen LogP contribution in [0.4, 0.5) is 5.69 Å². The molecule has 0 spiro atoms. The highest BCUT2D eigenvalue weighted by Gasteiger charge is 2.28. The lowest BCUT2D eigenvalue weighted by Crippen LogP contribution is -2.39. The van der Waals surface area contributed by atoms with Gasteiger partial charge in [-0.2, -0.15) is 4.31 Å². The van der Waals surface area contributed by atoms with Crippen LogP contribution in [0.3, 0.4) is 0 Å². The smallest absolute Gasteiger partial charge is 0.337 e. The molecule has 0 bridgehead atoms. The molecule has 0 fully saturated rings. The van der Waals surface area contributed by atoms with Gasteiger partial charge in [-0.1, -0.05) is 13.8 Å². The van der Waals surface area contributed by atoms with E-state index in [0.29, 0.717) is 42.4 Å². The number of hydrogen-bond donors (Lipinski definition) is 1. The summed E-state index contributed by atoms with van der Waals surface area (Å²) < 4.78 is 43.5. The molecule has 2 aromatic carbocycles. The zero-order valence-corrected chi connectivity index (χ0v) is 19.7. The number of hydrogen-bond acceptors (Lipinski definition) is 7. The quantitative estimate of drug-likeness (QED) is 0.554. The zero-order valence-electron chi connectivity index (χ0n) is 18.9. The number of carbonyl (C=O) groups excluding carboxylic acids is 2. The molecule has 1 aliphatic heterocycles. The second-order valence-electron chi connectivity index (χ2n) is 7.94. The maximum atomic E-state index is 13.4. The first kappa shape index (κ1) is 24.5. The van der Waals surface area contributed by atoms with Crippen LogP contribution in [0.1, 0.15) is 30.6 Å². The van der Waals surface area contributed by atoms with E-state index in [9.17, 15) is 18.0 Å². The SMILES string of the molecule is COC(=O)c1ccc(NC(=O)CN(CCC(C)C)S(=O)(=O)c2ccc3c(c2)OCCO3)cc1. The van der Waals surface area contributed by atoms with Gasteiger partial charge in [0.05, 0.1) is 24.1 Å². The number of carbonyl (C=O) groups is 2. The summed E-state index contributed by atoms with van der Waals surface area (Å²) in [6.07, 6.45) is 0.588. The average molecular weight is 477 g/mol. The Morgan fingerprint density at radius 1 is 1.06 bits per heavy atom. The number of benzene rings is 2. The largest absolute Gasteiger partial charge is 0.486 e. The molecule has 0 aromatic heterocycles. The molecule has 9 nitrogen and oxygen atoms in total. The molecule has 0 unspecified atom stereocenters. The number of amides is 1. The topological polar surface area (TPSA) is 111 Å². The number of esters is 1. The Kier molecular flexibility index (Phi) is 7.93. The van der Waals surface area contributed by atoms with Crippen LogP contribution in [0.2, 0.25) is 0 Å². The minimum atomic E-state index is -3.96. The van der Waals surface area contributed by atoms with Crippen LogP contribution in [0, 0.1) is 5.92 Å². The number of methoxy groups -OCH3 is 1. The lowest BCUT2D eigenvalue weighted by molar-refractivity contribution is -0.116. The Morgan fingerprint density at radius 3 is 2.36 bits per heavy atom. The van der Waals surface area contributed by atoms with E-state index in [4.69, 9.17) is 9.47 Å². The van der Waals surface area contributed by atoms with Crippen molar-refractivity contribution in [3.8, 4) is 11.5 Å². The summed E-state index contributed by atoms with van der Waals surface area (Å²) >= 11 is 0. The first-order valence-corrected chi connectivity index (χ1v) is 12.0. The standard InChI is InChI=1S/C23H28N2O7S/c1-16(2)10-11-25(15-22(26)24-18-6-4-17(5-7-18)23(27)30-3)33(28,29)19-8-9-20-21(14-19)32-13-12-31-20/h4-9,14,16H,10-13,15H2,1-3H3,(H,24,26). The number of nitrogens with zero attached hydrogens (tertiary/aromatic N) is 1. The third-order valence-corrected chi connectivity index (χ3v) is 6.86. The monoisotopic (exact) mass is 476 g/mol. The molecule has 3 rings (SSSR count). The van der Waals surface area contributed by atoms with E-state index in [1.807, 2.05) is 13.8 Å². The maximum Gasteiger partial charge on any atom is 0.337 e. The van der Waals surface area contributed by atoms with Gasteiger partial charge >= 0.3 is 5.97 Å². The van der Waals surface area contributed by atoms with Crippen LogP contribution < -0.4 is 14.8 Å². The van der Waals surface area contributed by atoms with E-state index >= 15 is 0 Å². The first-order valence-electron chi connectivity index (χ1n) is 10.6. The summed E-state index contributed by atoms with van der Waals surface area (Å²) in [6.45, 7) is 4.53. The van der Waals surface area contributed by atoms with Crippen molar-refractivity contribution in [2.24, 2.45) is 5.92 Å². The van der Waals surface area contributed by atoms with Gasteiger partial charge in [-0.15, -0.1) is 0 Å². The van der Waals surface area contributed by atoms with Crippen molar-refractivity contribution in [2.45, 2.75) is 25.2 Å². The van der Waals surface area contributed by atoms with Crippen molar-refractivity contribution in [2.75, 3.05) is 38.7 Å². The van der Waals surface area contributed by atoms with Gasteiger partial charge in [0.1, 0.15) is 13.2 Å². The molecular formula is C23H28N2O7S. The van der Waals surface area contributed by atoms with E-state index in [2.05, 4.69) is 10.1 Å². The highest BCUT2D eigenvalue weighted by molar-refractivity contribution is 7.89. The van der Waals surface area contributed by atoms with Crippen molar-refractivity contribution in [1.82, 2.24) is 4.31 Å². The van der Waals surface area contributed by atoms with Crippen LogP contribution in [0.25, 0.3) is 0 Å².